The van der Waals surface area contributed by atoms with Gasteiger partial charge >= 0.3 is 5.69 Å². The third-order valence-corrected chi connectivity index (χ3v) is 2.91. The number of rotatable bonds is 5. The monoisotopic (exact) mass is 257 g/mol. The van der Waals surface area contributed by atoms with Gasteiger partial charge in [0.05, 0.1) is 4.92 Å². The van der Waals surface area contributed by atoms with E-state index in [9.17, 15) is 10.1 Å². The molecular formula is C11H16ClN3O2. The lowest BCUT2D eigenvalue weighted by Crippen LogP contribution is -2.19. The molecule has 6 heteroatoms. The van der Waals surface area contributed by atoms with Crippen molar-refractivity contribution < 1.29 is 4.92 Å². The van der Waals surface area contributed by atoms with Crippen molar-refractivity contribution in [1.82, 2.24) is 4.98 Å². The highest BCUT2D eigenvalue weighted by Gasteiger charge is 2.20. The van der Waals surface area contributed by atoms with Crippen LogP contribution in [0.4, 0.5) is 5.69 Å². The molecule has 0 aliphatic carbocycles. The normalized spacial score (nSPS) is 12.5. The van der Waals surface area contributed by atoms with Crippen LogP contribution < -0.4 is 5.73 Å². The third-order valence-electron chi connectivity index (χ3n) is 2.65. The van der Waals surface area contributed by atoms with Gasteiger partial charge < -0.3 is 5.73 Å². The molecule has 0 aromatic carbocycles. The third kappa shape index (κ3) is 3.64. The van der Waals surface area contributed by atoms with Crippen molar-refractivity contribution in [3.8, 4) is 0 Å². The quantitative estimate of drug-likeness (QED) is 0.499. The Morgan fingerprint density at radius 1 is 1.65 bits per heavy atom. The molecule has 0 aliphatic heterocycles. The van der Waals surface area contributed by atoms with E-state index in [1.807, 2.05) is 6.92 Å². The lowest BCUT2D eigenvalue weighted by molar-refractivity contribution is -0.385. The van der Waals surface area contributed by atoms with Crippen molar-refractivity contribution in [3.05, 3.63) is 32.6 Å². The van der Waals surface area contributed by atoms with E-state index in [1.165, 1.54) is 0 Å². The van der Waals surface area contributed by atoms with E-state index < -0.39 is 4.92 Å². The number of pyridine rings is 1. The predicted molar refractivity (Wildman–Crippen MR) is 67.2 cm³/mol. The Bertz CT molecular complexity index is 423. The Morgan fingerprint density at radius 3 is 2.82 bits per heavy atom. The maximum atomic E-state index is 10.9. The number of nitrogens with zero attached hydrogens (tertiary/aromatic N) is 2. The number of hydrogen-bond donors (Lipinski definition) is 1. The van der Waals surface area contributed by atoms with Crippen molar-refractivity contribution in [2.75, 3.05) is 0 Å². The number of nitrogens with two attached hydrogens (primary N) is 1. The fourth-order valence-electron chi connectivity index (χ4n) is 1.62. The lowest BCUT2D eigenvalue weighted by Gasteiger charge is -2.09. The van der Waals surface area contributed by atoms with Gasteiger partial charge in [0.25, 0.3) is 0 Å². The molecule has 1 rings (SSSR count). The van der Waals surface area contributed by atoms with Crippen LogP contribution in [-0.4, -0.2) is 15.9 Å². The van der Waals surface area contributed by atoms with Gasteiger partial charge in [-0.05, 0) is 32.3 Å². The molecule has 1 unspecified atom stereocenters. The number of nitro groups is 1. The molecule has 0 bridgehead atoms. The van der Waals surface area contributed by atoms with Gasteiger partial charge in [0.2, 0.25) is 5.15 Å². The Hall–Kier alpha value is -1.20. The van der Waals surface area contributed by atoms with Gasteiger partial charge in [0, 0.05) is 17.3 Å². The maximum Gasteiger partial charge on any atom is 0.309 e. The van der Waals surface area contributed by atoms with Crippen LogP contribution in [0.2, 0.25) is 5.15 Å². The molecule has 0 fully saturated rings. The highest BCUT2D eigenvalue weighted by molar-refractivity contribution is 6.31. The minimum Gasteiger partial charge on any atom is -0.328 e. The predicted octanol–water partition coefficient (Wildman–Crippen LogP) is 2.62. The Balaban J connectivity index is 3.00. The average Bonchev–Trinajstić information content (AvgIpc) is 2.24. The average molecular weight is 258 g/mol. The van der Waals surface area contributed by atoms with Gasteiger partial charge in [-0.1, -0.05) is 18.5 Å². The molecule has 17 heavy (non-hydrogen) atoms. The molecule has 1 heterocycles. The van der Waals surface area contributed by atoms with Crippen LogP contribution in [-0.2, 0) is 6.42 Å². The minimum atomic E-state index is -0.485. The largest absolute Gasteiger partial charge is 0.328 e. The Morgan fingerprint density at radius 2 is 2.29 bits per heavy atom. The molecule has 94 valence electrons. The fraction of sp³-hybridized carbons (Fsp3) is 0.545. The molecule has 1 aromatic heterocycles. The first-order valence-corrected chi connectivity index (χ1v) is 5.89. The molecule has 0 aliphatic rings. The molecule has 5 nitrogen and oxygen atoms in total. The summed E-state index contributed by atoms with van der Waals surface area (Å²) >= 11 is 5.79. The summed E-state index contributed by atoms with van der Waals surface area (Å²) in [6.45, 7) is 3.75. The number of aromatic nitrogens is 1. The topological polar surface area (TPSA) is 82.0 Å². The van der Waals surface area contributed by atoms with Crippen LogP contribution in [0.25, 0.3) is 0 Å². The van der Waals surface area contributed by atoms with E-state index >= 15 is 0 Å². The molecule has 0 saturated heterocycles. The van der Waals surface area contributed by atoms with Crippen LogP contribution in [0.15, 0.2) is 6.07 Å². The molecule has 0 spiro atoms. The van der Waals surface area contributed by atoms with Crippen molar-refractivity contribution in [2.45, 2.75) is 39.2 Å². The summed E-state index contributed by atoms with van der Waals surface area (Å²) in [5, 5.41) is 10.9. The van der Waals surface area contributed by atoms with Gasteiger partial charge in [-0.15, -0.1) is 0 Å². The van der Waals surface area contributed by atoms with E-state index in [0.717, 1.165) is 6.42 Å². The van der Waals surface area contributed by atoms with E-state index in [1.54, 1.807) is 13.0 Å². The zero-order valence-corrected chi connectivity index (χ0v) is 10.7. The number of hydrogen-bond acceptors (Lipinski definition) is 4. The SMILES string of the molecule is CCC(N)CCc1cc(C)nc(Cl)c1[N+](=O)[O-]. The first-order chi connectivity index (χ1) is 7.95. The number of halogens is 1. The zero-order chi connectivity index (χ0) is 13.0. The summed E-state index contributed by atoms with van der Waals surface area (Å²) in [7, 11) is 0. The summed E-state index contributed by atoms with van der Waals surface area (Å²) in [5.41, 5.74) is 7.00. The van der Waals surface area contributed by atoms with Gasteiger partial charge in [-0.2, -0.15) is 0 Å². The second-order valence-electron chi connectivity index (χ2n) is 4.03. The summed E-state index contributed by atoms with van der Waals surface area (Å²) in [5.74, 6) is 0. The van der Waals surface area contributed by atoms with Gasteiger partial charge in [-0.3, -0.25) is 10.1 Å². The van der Waals surface area contributed by atoms with Crippen molar-refractivity contribution in [2.24, 2.45) is 5.73 Å². The highest BCUT2D eigenvalue weighted by atomic mass is 35.5. The van der Waals surface area contributed by atoms with Crippen LogP contribution in [0.5, 0.6) is 0 Å². The van der Waals surface area contributed by atoms with Crippen LogP contribution in [0, 0.1) is 17.0 Å². The molecule has 0 radical (unpaired) electrons. The highest BCUT2D eigenvalue weighted by Crippen LogP contribution is 2.28. The number of aryl methyl sites for hydroxylation is 2. The van der Waals surface area contributed by atoms with E-state index in [-0.39, 0.29) is 16.9 Å². The first-order valence-electron chi connectivity index (χ1n) is 5.51. The second-order valence-corrected chi connectivity index (χ2v) is 4.38. The molecular weight excluding hydrogens is 242 g/mol. The molecule has 0 amide bonds. The maximum absolute atomic E-state index is 10.9. The summed E-state index contributed by atoms with van der Waals surface area (Å²) in [6, 6.07) is 1.76. The second kappa shape index (κ2) is 5.93. The summed E-state index contributed by atoms with van der Waals surface area (Å²) in [6.07, 6.45) is 2.11. The van der Waals surface area contributed by atoms with Crippen molar-refractivity contribution in [3.63, 3.8) is 0 Å². The van der Waals surface area contributed by atoms with Crippen LogP contribution in [0.1, 0.15) is 31.0 Å². The van der Waals surface area contributed by atoms with E-state index in [4.69, 9.17) is 17.3 Å². The molecule has 1 atom stereocenters. The molecule has 1 aromatic rings. The fourth-order valence-corrected chi connectivity index (χ4v) is 1.94. The van der Waals surface area contributed by atoms with Gasteiger partial charge in [0.1, 0.15) is 0 Å². The van der Waals surface area contributed by atoms with Crippen molar-refractivity contribution >= 4 is 17.3 Å². The standard InChI is InChI=1S/C11H16ClN3O2/c1-3-9(13)5-4-8-6-7(2)14-11(12)10(8)15(16)17/h6,9H,3-5,13H2,1-2H3. The summed E-state index contributed by atoms with van der Waals surface area (Å²) < 4.78 is 0. The van der Waals surface area contributed by atoms with Gasteiger partial charge in [0.15, 0.2) is 0 Å². The smallest absolute Gasteiger partial charge is 0.309 e. The van der Waals surface area contributed by atoms with Crippen LogP contribution in [0.3, 0.4) is 0 Å². The van der Waals surface area contributed by atoms with Crippen LogP contribution >= 0.6 is 11.6 Å². The molecule has 0 saturated carbocycles. The van der Waals surface area contributed by atoms with Gasteiger partial charge in [-0.25, -0.2) is 4.98 Å². The van der Waals surface area contributed by atoms with E-state index in [2.05, 4.69) is 4.98 Å². The Kier molecular flexibility index (Phi) is 4.84. The first kappa shape index (κ1) is 13.9. The van der Waals surface area contributed by atoms with E-state index in [0.29, 0.717) is 24.1 Å². The zero-order valence-electron chi connectivity index (χ0n) is 9.94. The lowest BCUT2D eigenvalue weighted by atomic mass is 10.0. The van der Waals surface area contributed by atoms with Crippen molar-refractivity contribution in [1.29, 1.82) is 0 Å². The Labute approximate surface area is 105 Å². The minimum absolute atomic E-state index is 0.0462. The molecule has 2 N–H and O–H groups in total. The summed E-state index contributed by atoms with van der Waals surface area (Å²) in [4.78, 5) is 14.3.